The molecule has 0 spiro atoms. The van der Waals surface area contributed by atoms with Crippen molar-refractivity contribution >= 4 is 5.76 Å². The lowest BCUT2D eigenvalue weighted by molar-refractivity contribution is 0.0361. The largest absolute Gasteiger partial charge is 0.494 e. The Bertz CT molecular complexity index is 363. The van der Waals surface area contributed by atoms with E-state index in [0.717, 1.165) is 11.3 Å². The van der Waals surface area contributed by atoms with Gasteiger partial charge in [-0.25, -0.2) is 0 Å². The first-order chi connectivity index (χ1) is 8.15. The number of ether oxygens (including phenoxy) is 2. The van der Waals surface area contributed by atoms with Gasteiger partial charge in [0.2, 0.25) is 0 Å². The number of pyridine rings is 1. The summed E-state index contributed by atoms with van der Waals surface area (Å²) < 4.78 is 10.7. The second-order valence-corrected chi connectivity index (χ2v) is 3.72. The summed E-state index contributed by atoms with van der Waals surface area (Å²) in [5.41, 5.74) is 1.62. The zero-order chi connectivity index (χ0) is 12.7. The van der Waals surface area contributed by atoms with Gasteiger partial charge >= 0.3 is 0 Å². The molecular weight excluding hydrogens is 218 g/mol. The fourth-order valence-corrected chi connectivity index (χ4v) is 1.39. The Morgan fingerprint density at radius 1 is 1.59 bits per heavy atom. The normalized spacial score (nSPS) is 12.2. The van der Waals surface area contributed by atoms with Crippen LogP contribution in [-0.4, -0.2) is 29.4 Å². The van der Waals surface area contributed by atoms with Crippen LogP contribution in [0.5, 0.6) is 0 Å². The molecule has 0 radical (unpaired) electrons. The van der Waals surface area contributed by atoms with E-state index in [0.29, 0.717) is 19.0 Å². The van der Waals surface area contributed by atoms with Gasteiger partial charge < -0.3 is 14.6 Å². The average molecular weight is 237 g/mol. The van der Waals surface area contributed by atoms with Crippen molar-refractivity contribution in [1.82, 2.24) is 4.98 Å². The molecule has 1 rings (SSSR count). The van der Waals surface area contributed by atoms with Crippen LogP contribution in [0.15, 0.2) is 24.9 Å². The van der Waals surface area contributed by atoms with E-state index in [2.05, 4.69) is 11.6 Å². The molecule has 0 amide bonds. The fourth-order valence-electron chi connectivity index (χ4n) is 1.39. The fraction of sp³-hybridized carbons (Fsp3) is 0.462. The molecule has 0 fully saturated rings. The first-order valence-corrected chi connectivity index (χ1v) is 5.67. The van der Waals surface area contributed by atoms with Crippen molar-refractivity contribution in [3.8, 4) is 0 Å². The number of aliphatic hydroxyl groups is 1. The number of nitrogens with zero attached hydrogens (tertiary/aromatic N) is 1. The highest BCUT2D eigenvalue weighted by Gasteiger charge is 2.08. The first-order valence-electron chi connectivity index (χ1n) is 5.67. The van der Waals surface area contributed by atoms with Crippen LogP contribution >= 0.6 is 0 Å². The van der Waals surface area contributed by atoms with E-state index in [1.807, 2.05) is 19.1 Å². The number of aromatic nitrogens is 1. The van der Waals surface area contributed by atoms with Gasteiger partial charge in [-0.05, 0) is 26.0 Å². The molecule has 1 aromatic heterocycles. The topological polar surface area (TPSA) is 51.6 Å². The lowest BCUT2D eigenvalue weighted by Gasteiger charge is -2.12. The van der Waals surface area contributed by atoms with Crippen molar-refractivity contribution in [2.24, 2.45) is 0 Å². The van der Waals surface area contributed by atoms with Gasteiger partial charge in [0.05, 0.1) is 31.6 Å². The molecule has 0 unspecified atom stereocenters. The van der Waals surface area contributed by atoms with Gasteiger partial charge in [0.25, 0.3) is 0 Å². The Morgan fingerprint density at radius 3 is 3.00 bits per heavy atom. The summed E-state index contributed by atoms with van der Waals surface area (Å²) in [6.07, 6.45) is 1.22. The smallest absolute Gasteiger partial charge is 0.121 e. The van der Waals surface area contributed by atoms with Crippen LogP contribution in [0.25, 0.3) is 5.76 Å². The van der Waals surface area contributed by atoms with Crippen LogP contribution in [-0.2, 0) is 16.1 Å². The van der Waals surface area contributed by atoms with Gasteiger partial charge in [-0.1, -0.05) is 6.58 Å². The van der Waals surface area contributed by atoms with Crippen LogP contribution in [0.3, 0.4) is 0 Å². The van der Waals surface area contributed by atoms with Crippen molar-refractivity contribution in [3.05, 3.63) is 36.2 Å². The molecule has 1 atom stereocenters. The number of aliphatic hydroxyl groups excluding tert-OH is 1. The predicted octanol–water partition coefficient (Wildman–Crippen LogP) is 1.99. The van der Waals surface area contributed by atoms with Gasteiger partial charge in [0, 0.05) is 11.8 Å². The Balaban J connectivity index is 2.67. The third-order valence-corrected chi connectivity index (χ3v) is 2.11. The maximum atomic E-state index is 9.11. The summed E-state index contributed by atoms with van der Waals surface area (Å²) in [6.45, 7) is 8.64. The maximum absolute atomic E-state index is 9.11. The van der Waals surface area contributed by atoms with Crippen molar-refractivity contribution in [1.29, 1.82) is 0 Å². The highest BCUT2D eigenvalue weighted by Crippen LogP contribution is 2.17. The van der Waals surface area contributed by atoms with Gasteiger partial charge in [0.15, 0.2) is 0 Å². The second kappa shape index (κ2) is 7.04. The minimum atomic E-state index is -0.475. The van der Waals surface area contributed by atoms with E-state index in [1.54, 1.807) is 13.1 Å². The molecule has 4 heteroatoms. The molecule has 1 N–H and O–H groups in total. The van der Waals surface area contributed by atoms with Gasteiger partial charge in [0.1, 0.15) is 5.76 Å². The number of hydrogen-bond acceptors (Lipinski definition) is 4. The van der Waals surface area contributed by atoms with Gasteiger partial charge in [-0.15, -0.1) is 0 Å². The van der Waals surface area contributed by atoms with E-state index in [1.165, 1.54) is 0 Å². The summed E-state index contributed by atoms with van der Waals surface area (Å²) in [5.74, 6) is 0.594. The maximum Gasteiger partial charge on any atom is 0.121 e. The molecule has 17 heavy (non-hydrogen) atoms. The van der Waals surface area contributed by atoms with Crippen LogP contribution in [0.2, 0.25) is 0 Å². The molecule has 0 saturated carbocycles. The standard InChI is InChI=1S/C13H19NO3/c1-4-17-11(3)12-6-5-7-14-13(12)9-16-8-10(2)15/h5-7,10,15H,3-4,8-9H2,1-2H3/t10-/m1/s1. The average Bonchev–Trinajstić information content (AvgIpc) is 2.29. The van der Waals surface area contributed by atoms with Crippen LogP contribution in [0.1, 0.15) is 25.1 Å². The summed E-state index contributed by atoms with van der Waals surface area (Å²) in [5, 5.41) is 9.11. The van der Waals surface area contributed by atoms with E-state index in [9.17, 15) is 0 Å². The summed E-state index contributed by atoms with van der Waals surface area (Å²) in [6, 6.07) is 3.73. The molecule has 94 valence electrons. The number of rotatable bonds is 7. The van der Waals surface area contributed by atoms with E-state index >= 15 is 0 Å². The Hall–Kier alpha value is -1.39. The highest BCUT2D eigenvalue weighted by molar-refractivity contribution is 5.59. The minimum absolute atomic E-state index is 0.289. The lowest BCUT2D eigenvalue weighted by atomic mass is 10.2. The molecule has 0 aliphatic carbocycles. The molecular formula is C13H19NO3. The summed E-state index contributed by atoms with van der Waals surface area (Å²) in [4.78, 5) is 4.23. The second-order valence-electron chi connectivity index (χ2n) is 3.72. The van der Waals surface area contributed by atoms with Crippen molar-refractivity contribution < 1.29 is 14.6 Å². The van der Waals surface area contributed by atoms with Crippen LogP contribution in [0, 0.1) is 0 Å². The monoisotopic (exact) mass is 237 g/mol. The molecule has 0 saturated heterocycles. The molecule has 0 bridgehead atoms. The van der Waals surface area contributed by atoms with E-state index < -0.39 is 6.10 Å². The first kappa shape index (κ1) is 13.7. The van der Waals surface area contributed by atoms with Crippen LogP contribution < -0.4 is 0 Å². The van der Waals surface area contributed by atoms with Gasteiger partial charge in [-0.2, -0.15) is 0 Å². The van der Waals surface area contributed by atoms with E-state index in [-0.39, 0.29) is 6.61 Å². The molecule has 1 aromatic rings. The molecule has 0 aliphatic heterocycles. The molecule has 0 aromatic carbocycles. The van der Waals surface area contributed by atoms with Crippen molar-refractivity contribution in [2.45, 2.75) is 26.6 Å². The zero-order valence-corrected chi connectivity index (χ0v) is 10.3. The minimum Gasteiger partial charge on any atom is -0.494 e. The lowest BCUT2D eigenvalue weighted by Crippen LogP contribution is -2.11. The third-order valence-electron chi connectivity index (χ3n) is 2.11. The molecule has 0 aliphatic rings. The quantitative estimate of drug-likeness (QED) is 0.737. The van der Waals surface area contributed by atoms with Gasteiger partial charge in [-0.3, -0.25) is 4.98 Å². The third kappa shape index (κ3) is 4.54. The summed E-state index contributed by atoms with van der Waals surface area (Å²) >= 11 is 0. The predicted molar refractivity (Wildman–Crippen MR) is 66.2 cm³/mol. The Morgan fingerprint density at radius 2 is 2.35 bits per heavy atom. The molecule has 4 nitrogen and oxygen atoms in total. The number of hydrogen-bond donors (Lipinski definition) is 1. The molecule has 1 heterocycles. The van der Waals surface area contributed by atoms with Crippen molar-refractivity contribution in [2.75, 3.05) is 13.2 Å². The van der Waals surface area contributed by atoms with E-state index in [4.69, 9.17) is 14.6 Å². The Kier molecular flexibility index (Phi) is 5.66. The zero-order valence-electron chi connectivity index (χ0n) is 10.3. The van der Waals surface area contributed by atoms with Crippen LogP contribution in [0.4, 0.5) is 0 Å². The summed E-state index contributed by atoms with van der Waals surface area (Å²) in [7, 11) is 0. The van der Waals surface area contributed by atoms with Crippen molar-refractivity contribution in [3.63, 3.8) is 0 Å². The highest BCUT2D eigenvalue weighted by atomic mass is 16.5. The Labute approximate surface area is 102 Å². The SMILES string of the molecule is C=C(OCC)c1cccnc1COC[C@@H](C)O.